The number of carbonyl (C=O) groups is 2. The zero-order chi connectivity index (χ0) is 22.9. The zero-order valence-corrected chi connectivity index (χ0v) is 16.6. The molecular formula is C21H24BFN2O4. The van der Waals surface area contributed by atoms with Crippen LogP contribution in [0.15, 0.2) is 30.3 Å². The maximum absolute atomic E-state index is 14.9. The van der Waals surface area contributed by atoms with E-state index in [2.05, 4.69) is 5.43 Å². The van der Waals surface area contributed by atoms with Crippen molar-refractivity contribution in [2.45, 2.75) is 46.7 Å². The predicted octanol–water partition coefficient (Wildman–Crippen LogP) is 2.25. The number of halogens is 1. The molecule has 8 heteroatoms. The van der Waals surface area contributed by atoms with Gasteiger partial charge < -0.3 is 9.68 Å². The van der Waals surface area contributed by atoms with Gasteiger partial charge in [0.1, 0.15) is 5.82 Å². The van der Waals surface area contributed by atoms with Crippen LogP contribution in [0.1, 0.15) is 60.9 Å². The van der Waals surface area contributed by atoms with Crippen molar-refractivity contribution in [2.24, 2.45) is 0 Å². The summed E-state index contributed by atoms with van der Waals surface area (Å²) in [6, 6.07) is 7.45. The van der Waals surface area contributed by atoms with E-state index in [0.717, 1.165) is 5.01 Å². The molecule has 0 radical (unpaired) electrons. The van der Waals surface area contributed by atoms with Gasteiger partial charge in [0.2, 0.25) is 0 Å². The van der Waals surface area contributed by atoms with E-state index in [-0.39, 0.29) is 42.6 Å². The second-order valence-electron chi connectivity index (χ2n) is 7.95. The molecule has 2 aromatic carbocycles. The van der Waals surface area contributed by atoms with Gasteiger partial charge in [-0.25, -0.2) is 9.40 Å². The number of hydrogen-bond acceptors (Lipinski definition) is 4. The van der Waals surface area contributed by atoms with Crippen molar-refractivity contribution < 1.29 is 26.4 Å². The Morgan fingerprint density at radius 3 is 2.48 bits per heavy atom. The van der Waals surface area contributed by atoms with Crippen molar-refractivity contribution in [3.05, 3.63) is 64.0 Å². The molecule has 0 bridgehead atoms. The first-order chi connectivity index (χ1) is 14.6. The smallest absolute Gasteiger partial charge is 0.423 e. The van der Waals surface area contributed by atoms with E-state index in [1.165, 1.54) is 12.1 Å². The number of nitrogens with zero attached hydrogens (tertiary/aromatic N) is 1. The standard InChI is InChI=1S/C21H24BFN2O4/c1-12-8-13(2)10-14(9-12)20(27)25(21(3,4)5)24-19(26)15-6-7-17-16(18(15)23)11-29-22(17)28/h6-10,28H,11H2,1-5H3,(H,24,26)/i1D,2D. The van der Waals surface area contributed by atoms with Crippen molar-refractivity contribution in [1.29, 1.82) is 0 Å². The molecule has 0 atom stereocenters. The molecule has 1 heterocycles. The fourth-order valence-electron chi connectivity index (χ4n) is 3.14. The summed E-state index contributed by atoms with van der Waals surface area (Å²) < 4.78 is 35.0. The third kappa shape index (κ3) is 4.18. The van der Waals surface area contributed by atoms with Crippen molar-refractivity contribution in [1.82, 2.24) is 10.4 Å². The van der Waals surface area contributed by atoms with Gasteiger partial charge in [0.05, 0.1) is 17.7 Å². The Balaban J connectivity index is 1.93. The quantitative estimate of drug-likeness (QED) is 0.599. The number of rotatable bonds is 2. The van der Waals surface area contributed by atoms with Gasteiger partial charge in [0.25, 0.3) is 11.8 Å². The minimum Gasteiger partial charge on any atom is -0.423 e. The fourth-order valence-corrected chi connectivity index (χ4v) is 3.14. The second kappa shape index (κ2) is 7.61. The molecule has 1 aliphatic rings. The van der Waals surface area contributed by atoms with Gasteiger partial charge in [-0.3, -0.25) is 15.0 Å². The molecule has 0 unspecified atom stereocenters. The molecule has 1 aliphatic heterocycles. The number of carbonyl (C=O) groups excluding carboxylic acids is 2. The number of fused-ring (bicyclic) bond motifs is 1. The van der Waals surface area contributed by atoms with Gasteiger partial charge >= 0.3 is 7.12 Å². The van der Waals surface area contributed by atoms with Crippen LogP contribution in [0.5, 0.6) is 0 Å². The lowest BCUT2D eigenvalue weighted by Crippen LogP contribution is -2.56. The Hall–Kier alpha value is -2.71. The average Bonchev–Trinajstić information content (AvgIpc) is 3.12. The monoisotopic (exact) mass is 400 g/mol. The van der Waals surface area contributed by atoms with Crippen LogP contribution in [-0.4, -0.2) is 34.5 Å². The summed E-state index contributed by atoms with van der Waals surface area (Å²) in [5, 5.41) is 10.8. The fraction of sp³-hybridized carbons (Fsp3) is 0.333. The van der Waals surface area contributed by atoms with E-state index >= 15 is 0 Å². The molecule has 2 N–H and O–H groups in total. The normalized spacial score (nSPS) is 14.2. The first kappa shape index (κ1) is 18.3. The number of hydrogen-bond donors (Lipinski definition) is 2. The molecule has 0 spiro atoms. The molecule has 29 heavy (non-hydrogen) atoms. The molecule has 6 nitrogen and oxygen atoms in total. The van der Waals surface area contributed by atoms with Crippen molar-refractivity contribution in [2.75, 3.05) is 0 Å². The zero-order valence-electron chi connectivity index (χ0n) is 18.6. The third-order valence-electron chi connectivity index (χ3n) is 4.56. The average molecular weight is 400 g/mol. The Kier molecular flexibility index (Phi) is 4.81. The highest BCUT2D eigenvalue weighted by Gasteiger charge is 2.34. The highest BCUT2D eigenvalue weighted by molar-refractivity contribution is 6.61. The summed E-state index contributed by atoms with van der Waals surface area (Å²) in [4.78, 5) is 26.1. The lowest BCUT2D eigenvalue weighted by Gasteiger charge is -2.35. The Labute approximate surface area is 172 Å². The van der Waals surface area contributed by atoms with Gasteiger partial charge in [0, 0.05) is 13.9 Å². The van der Waals surface area contributed by atoms with Crippen molar-refractivity contribution >= 4 is 24.4 Å². The van der Waals surface area contributed by atoms with Crippen molar-refractivity contribution in [3.8, 4) is 0 Å². The molecule has 0 aliphatic carbocycles. The molecule has 0 saturated carbocycles. The Morgan fingerprint density at radius 2 is 1.90 bits per heavy atom. The maximum Gasteiger partial charge on any atom is 0.491 e. The molecule has 2 aromatic rings. The summed E-state index contributed by atoms with van der Waals surface area (Å²) in [6.07, 6.45) is 0. The molecule has 3 rings (SSSR count). The Bertz CT molecular complexity index is 1010. The van der Waals surface area contributed by atoms with Crippen LogP contribution in [0.25, 0.3) is 0 Å². The van der Waals surface area contributed by atoms with Gasteiger partial charge in [-0.15, -0.1) is 0 Å². The van der Waals surface area contributed by atoms with Crippen LogP contribution in [0.3, 0.4) is 0 Å². The molecule has 152 valence electrons. The number of aryl methyl sites for hydroxylation is 2. The number of amides is 2. The minimum atomic E-state index is -1.23. The number of benzene rings is 2. The van der Waals surface area contributed by atoms with Crippen LogP contribution in [0.4, 0.5) is 4.39 Å². The highest BCUT2D eigenvalue weighted by Crippen LogP contribution is 2.20. The van der Waals surface area contributed by atoms with E-state index in [0.29, 0.717) is 11.1 Å². The summed E-state index contributed by atoms with van der Waals surface area (Å²) >= 11 is 0. The molecule has 0 aromatic heterocycles. The summed E-state index contributed by atoms with van der Waals surface area (Å²) in [5.41, 5.74) is 3.14. The summed E-state index contributed by atoms with van der Waals surface area (Å²) in [6.45, 7) is 4.90. The number of nitrogens with one attached hydrogen (secondary N) is 1. The largest absolute Gasteiger partial charge is 0.491 e. The first-order valence-corrected chi connectivity index (χ1v) is 9.04. The van der Waals surface area contributed by atoms with Crippen LogP contribution in [-0.2, 0) is 11.3 Å². The molecule has 2 amide bonds. The molecule has 0 fully saturated rings. The second-order valence-corrected chi connectivity index (χ2v) is 7.95. The predicted molar refractivity (Wildman–Crippen MR) is 108 cm³/mol. The summed E-state index contributed by atoms with van der Waals surface area (Å²) in [7, 11) is -1.23. The maximum atomic E-state index is 14.9. The highest BCUT2D eigenvalue weighted by atomic mass is 19.1. The topological polar surface area (TPSA) is 78.9 Å². The van der Waals surface area contributed by atoms with E-state index in [1.54, 1.807) is 39.0 Å². The lowest BCUT2D eigenvalue weighted by atomic mass is 9.79. The first-order valence-electron chi connectivity index (χ1n) is 10.5. The van der Waals surface area contributed by atoms with Gasteiger partial charge in [-0.2, -0.15) is 0 Å². The van der Waals surface area contributed by atoms with Gasteiger partial charge in [-0.05, 0) is 58.2 Å². The van der Waals surface area contributed by atoms with Crippen molar-refractivity contribution in [3.63, 3.8) is 0 Å². The molecule has 0 saturated heterocycles. The summed E-state index contributed by atoms with van der Waals surface area (Å²) in [5.74, 6) is -2.16. The van der Waals surface area contributed by atoms with Crippen LogP contribution >= 0.6 is 0 Å². The van der Waals surface area contributed by atoms with Gasteiger partial charge in [-0.1, -0.05) is 23.3 Å². The SMILES string of the molecule is [2H]Cc1cc(C[2H])cc(C(=O)N(NC(=O)c2ccc3c(c2F)COB3O)C(C)(C)C)c1. The third-order valence-corrected chi connectivity index (χ3v) is 4.56. The Morgan fingerprint density at radius 1 is 1.24 bits per heavy atom. The number of hydrazine groups is 1. The lowest BCUT2D eigenvalue weighted by molar-refractivity contribution is 0.0356. The van der Waals surface area contributed by atoms with E-state index < -0.39 is 30.3 Å². The van der Waals surface area contributed by atoms with Crippen LogP contribution < -0.4 is 10.9 Å². The van der Waals surface area contributed by atoms with E-state index in [4.69, 9.17) is 7.40 Å². The van der Waals surface area contributed by atoms with Gasteiger partial charge in [0.15, 0.2) is 0 Å². The molecular weight excluding hydrogens is 374 g/mol. The van der Waals surface area contributed by atoms with Crippen LogP contribution in [0.2, 0.25) is 0 Å². The van der Waals surface area contributed by atoms with Crippen LogP contribution in [0, 0.1) is 19.6 Å². The van der Waals surface area contributed by atoms with E-state index in [1.807, 2.05) is 0 Å². The minimum absolute atomic E-state index is 0.0513. The van der Waals surface area contributed by atoms with E-state index in [9.17, 15) is 19.0 Å².